The number of rotatable bonds is 61. The number of unbranched alkanes of at least 4 members (excludes halogenated alkanes) is 34. The molecule has 0 radical (unpaired) electrons. The Hall–Kier alpha value is -2.32. The molecule has 3 unspecified atom stereocenters. The molecule has 0 saturated heterocycles. The number of carbonyl (C=O) groups is 1. The summed E-state index contributed by atoms with van der Waals surface area (Å²) in [6, 6.07) is -0.811. The summed E-state index contributed by atoms with van der Waals surface area (Å²) >= 11 is 0. The molecule has 0 fully saturated rings. The zero-order chi connectivity index (χ0) is 57.7. The molecule has 0 aromatic carbocycles. The predicted molar refractivity (Wildman–Crippen MR) is 343 cm³/mol. The van der Waals surface area contributed by atoms with Gasteiger partial charge in [0.25, 0.3) is 7.82 Å². The Morgan fingerprint density at radius 1 is 0.456 bits per heavy atom. The summed E-state index contributed by atoms with van der Waals surface area (Å²) in [5.74, 6) is -0.171. The number of nitrogens with zero attached hydrogens (tertiary/aromatic N) is 1. The van der Waals surface area contributed by atoms with Gasteiger partial charge in [0.05, 0.1) is 39.9 Å². The molecule has 460 valence electrons. The Morgan fingerprint density at radius 2 is 0.772 bits per heavy atom. The van der Waals surface area contributed by atoms with Crippen LogP contribution in [0.2, 0.25) is 0 Å². The van der Waals surface area contributed by atoms with Gasteiger partial charge in [-0.3, -0.25) is 9.36 Å². The standard InChI is InChI=1S/C70H129N2O6P/c1-6-8-10-12-14-16-18-20-22-24-26-28-30-32-34-35-36-37-38-40-42-44-46-48-50-52-54-56-58-60-62-64-70(74)71-68(67-78-79(75,76)77-66-65-72(3,4)5)69(73)63-61-59-57-55-53-51-49-47-45-43-41-39-33-31-29-27-25-23-21-19-17-15-13-11-9-7-2/h8,10,14,16,20,22,26,28,32,34,36-37,40,42,68-69,73H,6-7,9,11-13,15,17-19,21,23-25,27,29-31,33,35,38-39,41,43-67H2,1-5H3,(H-,71,74,75,76)/b10-8-,16-14-,22-20-,28-26-,34-32-,37-36-,42-40-. The molecule has 0 bridgehead atoms. The van der Waals surface area contributed by atoms with Gasteiger partial charge in [0.15, 0.2) is 0 Å². The van der Waals surface area contributed by atoms with Crippen molar-refractivity contribution < 1.29 is 32.9 Å². The van der Waals surface area contributed by atoms with Crippen molar-refractivity contribution in [3.05, 3.63) is 85.1 Å². The van der Waals surface area contributed by atoms with Crippen molar-refractivity contribution in [2.24, 2.45) is 0 Å². The summed E-state index contributed by atoms with van der Waals surface area (Å²) in [4.78, 5) is 25.6. The third-order valence-electron chi connectivity index (χ3n) is 14.9. The zero-order valence-electron chi connectivity index (χ0n) is 52.6. The molecule has 0 aromatic rings. The summed E-state index contributed by atoms with van der Waals surface area (Å²) in [6.07, 6.45) is 84.9. The van der Waals surface area contributed by atoms with Crippen molar-refractivity contribution in [1.82, 2.24) is 5.32 Å². The second-order valence-electron chi connectivity index (χ2n) is 23.8. The van der Waals surface area contributed by atoms with E-state index in [1.165, 1.54) is 186 Å². The summed E-state index contributed by atoms with van der Waals surface area (Å²) < 4.78 is 23.5. The van der Waals surface area contributed by atoms with Crippen LogP contribution in [0.25, 0.3) is 0 Å². The first-order valence-electron chi connectivity index (χ1n) is 33.4. The SMILES string of the molecule is CC/C=C\C/C=C\C/C=C\C/C=C\C/C=C\C/C=C\C/C=C\CCCCCCCCCCCC(=O)NC(COP(=O)([O-])OCC[N+](C)(C)C)C(O)CCCCCCCCCCCCCCCCCCCCCCCCCCCC. The number of quaternary nitrogens is 1. The number of phosphoric acid groups is 1. The molecule has 9 heteroatoms. The Labute approximate surface area is 490 Å². The van der Waals surface area contributed by atoms with Gasteiger partial charge in [0, 0.05) is 6.42 Å². The molecule has 0 aromatic heterocycles. The largest absolute Gasteiger partial charge is 0.756 e. The molecular weight excluding hydrogens is 996 g/mol. The van der Waals surface area contributed by atoms with Crippen LogP contribution in [0.3, 0.4) is 0 Å². The third-order valence-corrected chi connectivity index (χ3v) is 15.9. The van der Waals surface area contributed by atoms with Gasteiger partial charge in [-0.2, -0.15) is 0 Å². The highest BCUT2D eigenvalue weighted by atomic mass is 31.2. The smallest absolute Gasteiger partial charge is 0.268 e. The number of phosphoric ester groups is 1. The van der Waals surface area contributed by atoms with Gasteiger partial charge in [-0.1, -0.05) is 311 Å². The molecule has 0 saturated carbocycles. The van der Waals surface area contributed by atoms with Gasteiger partial charge >= 0.3 is 0 Å². The minimum absolute atomic E-state index is 0.00782. The fourth-order valence-corrected chi connectivity index (χ4v) is 10.5. The number of hydrogen-bond acceptors (Lipinski definition) is 6. The third kappa shape index (κ3) is 63.1. The Balaban J connectivity index is 4.12. The van der Waals surface area contributed by atoms with Crippen LogP contribution >= 0.6 is 7.82 Å². The lowest BCUT2D eigenvalue weighted by molar-refractivity contribution is -0.870. The lowest BCUT2D eigenvalue weighted by Gasteiger charge is -2.30. The predicted octanol–water partition coefficient (Wildman–Crippen LogP) is 20.5. The first-order chi connectivity index (χ1) is 38.5. The lowest BCUT2D eigenvalue weighted by atomic mass is 10.0. The van der Waals surface area contributed by atoms with Crippen LogP contribution in [0.5, 0.6) is 0 Å². The molecule has 0 aliphatic rings. The molecule has 0 heterocycles. The minimum Gasteiger partial charge on any atom is -0.756 e. The first-order valence-corrected chi connectivity index (χ1v) is 34.9. The maximum atomic E-state index is 13.0. The quantitative estimate of drug-likeness (QED) is 0.0272. The van der Waals surface area contributed by atoms with Crippen molar-refractivity contribution in [1.29, 1.82) is 0 Å². The molecule has 0 rings (SSSR count). The lowest BCUT2D eigenvalue weighted by Crippen LogP contribution is -2.46. The van der Waals surface area contributed by atoms with E-state index in [0.717, 1.165) is 89.9 Å². The molecule has 0 aliphatic carbocycles. The molecule has 3 atom stereocenters. The molecular formula is C70H129N2O6P. The van der Waals surface area contributed by atoms with Crippen LogP contribution in [-0.2, 0) is 18.4 Å². The van der Waals surface area contributed by atoms with Crippen LogP contribution in [0, 0.1) is 0 Å². The zero-order valence-corrected chi connectivity index (χ0v) is 53.5. The summed E-state index contributed by atoms with van der Waals surface area (Å²) in [7, 11) is 1.30. The Bertz CT molecular complexity index is 1560. The molecule has 0 aliphatic heterocycles. The number of nitrogens with one attached hydrogen (secondary N) is 1. The topological polar surface area (TPSA) is 108 Å². The fraction of sp³-hybridized carbons (Fsp3) is 0.786. The van der Waals surface area contributed by atoms with Gasteiger partial charge in [-0.05, 0) is 70.6 Å². The number of aliphatic hydroxyl groups excluding tert-OH is 1. The van der Waals surface area contributed by atoms with Gasteiger partial charge in [0.1, 0.15) is 13.2 Å². The van der Waals surface area contributed by atoms with Crippen LogP contribution in [0.15, 0.2) is 85.1 Å². The number of aliphatic hydroxyl groups is 1. The molecule has 79 heavy (non-hydrogen) atoms. The average Bonchev–Trinajstić information content (AvgIpc) is 3.42. The van der Waals surface area contributed by atoms with E-state index in [1.54, 1.807) is 0 Å². The van der Waals surface area contributed by atoms with Gasteiger partial charge in [-0.25, -0.2) is 0 Å². The van der Waals surface area contributed by atoms with Crippen molar-refractivity contribution >= 4 is 13.7 Å². The van der Waals surface area contributed by atoms with Gasteiger partial charge < -0.3 is 28.8 Å². The molecule has 8 nitrogen and oxygen atoms in total. The summed E-state index contributed by atoms with van der Waals surface area (Å²) in [5.41, 5.74) is 0. The van der Waals surface area contributed by atoms with Crippen LogP contribution < -0.4 is 10.2 Å². The van der Waals surface area contributed by atoms with Crippen molar-refractivity contribution in [2.75, 3.05) is 40.9 Å². The molecule has 2 N–H and O–H groups in total. The monoisotopic (exact) mass is 1120 g/mol. The van der Waals surface area contributed by atoms with Crippen molar-refractivity contribution in [2.45, 2.75) is 315 Å². The van der Waals surface area contributed by atoms with E-state index < -0.39 is 20.0 Å². The maximum Gasteiger partial charge on any atom is 0.268 e. The highest BCUT2D eigenvalue weighted by Gasteiger charge is 2.24. The number of amides is 1. The Kier molecular flexibility index (Phi) is 58.5. The van der Waals surface area contributed by atoms with E-state index in [-0.39, 0.29) is 19.1 Å². The van der Waals surface area contributed by atoms with Gasteiger partial charge in [-0.15, -0.1) is 0 Å². The average molecular weight is 1130 g/mol. The van der Waals surface area contributed by atoms with Crippen molar-refractivity contribution in [3.63, 3.8) is 0 Å². The minimum atomic E-state index is -4.59. The van der Waals surface area contributed by atoms with Crippen molar-refractivity contribution in [3.8, 4) is 0 Å². The number of hydrogen-bond donors (Lipinski definition) is 2. The highest BCUT2D eigenvalue weighted by Crippen LogP contribution is 2.38. The van der Waals surface area contributed by atoms with Crippen LogP contribution in [0.4, 0.5) is 0 Å². The fourth-order valence-electron chi connectivity index (χ4n) is 9.73. The first kappa shape index (κ1) is 76.7. The van der Waals surface area contributed by atoms with Crippen LogP contribution in [0.1, 0.15) is 303 Å². The number of carbonyl (C=O) groups excluding carboxylic acids is 1. The summed E-state index contributed by atoms with van der Waals surface area (Å²) in [6.45, 7) is 4.63. The Morgan fingerprint density at radius 3 is 1.13 bits per heavy atom. The second-order valence-corrected chi connectivity index (χ2v) is 25.2. The second kappa shape index (κ2) is 60.3. The van der Waals surface area contributed by atoms with E-state index in [2.05, 4.69) is 104 Å². The number of likely N-dealkylation sites (N-methyl/N-ethyl adjacent to an activating group) is 1. The van der Waals surface area contributed by atoms with Crippen LogP contribution in [-0.4, -0.2) is 68.5 Å². The van der Waals surface area contributed by atoms with E-state index >= 15 is 0 Å². The van der Waals surface area contributed by atoms with E-state index in [1.807, 2.05) is 21.1 Å². The highest BCUT2D eigenvalue weighted by molar-refractivity contribution is 7.45. The number of allylic oxidation sites excluding steroid dienone is 14. The van der Waals surface area contributed by atoms with E-state index in [9.17, 15) is 19.4 Å². The van der Waals surface area contributed by atoms with Gasteiger partial charge in [0.2, 0.25) is 5.91 Å². The maximum absolute atomic E-state index is 13.0. The molecule has 1 amide bonds. The van der Waals surface area contributed by atoms with E-state index in [0.29, 0.717) is 23.9 Å². The normalized spacial score (nSPS) is 14.3. The molecule has 0 spiro atoms. The van der Waals surface area contributed by atoms with E-state index in [4.69, 9.17) is 9.05 Å². The summed E-state index contributed by atoms with van der Waals surface area (Å²) in [5, 5.41) is 14.1.